The van der Waals surface area contributed by atoms with Gasteiger partial charge in [0.1, 0.15) is 0 Å². The van der Waals surface area contributed by atoms with E-state index in [-0.39, 0.29) is 6.04 Å². The number of halogens is 3. The SMILES string of the molecule is CN(C)C(CNC(=O)N1C[C@@H](C(F)(F)F)[C@H](C(=O)O)C1)C1CCCCC1. The largest absolute Gasteiger partial charge is 0.481 e. The van der Waals surface area contributed by atoms with Gasteiger partial charge < -0.3 is 20.2 Å². The predicted molar refractivity (Wildman–Crippen MR) is 89.7 cm³/mol. The zero-order chi connectivity index (χ0) is 19.5. The number of amides is 2. The highest BCUT2D eigenvalue weighted by atomic mass is 19.4. The summed E-state index contributed by atoms with van der Waals surface area (Å²) in [5.41, 5.74) is 0. The van der Waals surface area contributed by atoms with Gasteiger partial charge in [-0.3, -0.25) is 4.79 Å². The molecule has 2 amide bonds. The van der Waals surface area contributed by atoms with Crippen molar-refractivity contribution in [3.8, 4) is 0 Å². The van der Waals surface area contributed by atoms with Gasteiger partial charge in [-0.25, -0.2) is 4.79 Å². The third-order valence-electron chi connectivity index (χ3n) is 5.66. The number of hydrogen-bond donors (Lipinski definition) is 2. The Balaban J connectivity index is 1.95. The molecule has 26 heavy (non-hydrogen) atoms. The fraction of sp³-hybridized carbons (Fsp3) is 0.882. The maximum absolute atomic E-state index is 13.0. The molecular formula is C17H28F3N3O3. The Morgan fingerprint density at radius 1 is 1.19 bits per heavy atom. The van der Waals surface area contributed by atoms with Gasteiger partial charge in [-0.05, 0) is 32.9 Å². The topological polar surface area (TPSA) is 72.9 Å². The lowest BCUT2D eigenvalue weighted by Crippen LogP contribution is -2.48. The lowest BCUT2D eigenvalue weighted by atomic mass is 9.83. The van der Waals surface area contributed by atoms with Gasteiger partial charge in [-0.1, -0.05) is 19.3 Å². The van der Waals surface area contributed by atoms with Gasteiger partial charge >= 0.3 is 18.2 Å². The summed E-state index contributed by atoms with van der Waals surface area (Å²) >= 11 is 0. The average Bonchev–Trinajstić information content (AvgIpc) is 3.01. The number of likely N-dealkylation sites (tertiary alicyclic amines) is 1. The molecule has 150 valence electrons. The maximum Gasteiger partial charge on any atom is 0.394 e. The molecule has 6 nitrogen and oxygen atoms in total. The Morgan fingerprint density at radius 3 is 2.27 bits per heavy atom. The second-order valence-electron chi connectivity index (χ2n) is 7.61. The minimum absolute atomic E-state index is 0.121. The minimum Gasteiger partial charge on any atom is -0.481 e. The summed E-state index contributed by atoms with van der Waals surface area (Å²) in [4.78, 5) is 26.5. The van der Waals surface area contributed by atoms with Crippen molar-refractivity contribution >= 4 is 12.0 Å². The third kappa shape index (κ3) is 5.02. The second-order valence-corrected chi connectivity index (χ2v) is 7.61. The van der Waals surface area contributed by atoms with Crippen molar-refractivity contribution in [2.75, 3.05) is 33.7 Å². The van der Waals surface area contributed by atoms with E-state index in [1.807, 2.05) is 19.0 Å². The minimum atomic E-state index is -4.63. The van der Waals surface area contributed by atoms with Crippen molar-refractivity contribution in [2.45, 2.75) is 44.3 Å². The summed E-state index contributed by atoms with van der Waals surface area (Å²) < 4.78 is 39.1. The lowest BCUT2D eigenvalue weighted by molar-refractivity contribution is -0.187. The summed E-state index contributed by atoms with van der Waals surface area (Å²) in [5, 5.41) is 11.8. The number of likely N-dealkylation sites (N-methyl/N-ethyl adjacent to an activating group) is 1. The van der Waals surface area contributed by atoms with E-state index in [0.29, 0.717) is 12.5 Å². The number of alkyl halides is 3. The fourth-order valence-corrected chi connectivity index (χ4v) is 4.15. The molecule has 9 heteroatoms. The number of carboxylic acid groups (broad SMARTS) is 1. The Bertz CT molecular complexity index is 507. The smallest absolute Gasteiger partial charge is 0.394 e. The number of rotatable bonds is 5. The Morgan fingerprint density at radius 2 is 1.81 bits per heavy atom. The van der Waals surface area contributed by atoms with Crippen LogP contribution in [0.5, 0.6) is 0 Å². The van der Waals surface area contributed by atoms with Crippen molar-refractivity contribution in [3.63, 3.8) is 0 Å². The normalized spacial score (nSPS) is 26.2. The molecule has 0 radical (unpaired) electrons. The van der Waals surface area contributed by atoms with Crippen LogP contribution in [0.1, 0.15) is 32.1 Å². The molecule has 1 saturated heterocycles. The lowest BCUT2D eigenvalue weighted by Gasteiger charge is -2.35. The van der Waals surface area contributed by atoms with Crippen LogP contribution >= 0.6 is 0 Å². The second kappa shape index (κ2) is 8.45. The van der Waals surface area contributed by atoms with E-state index in [0.717, 1.165) is 30.6 Å². The number of carboxylic acids is 1. The highest BCUT2D eigenvalue weighted by Crippen LogP contribution is 2.37. The number of urea groups is 1. The quantitative estimate of drug-likeness (QED) is 0.769. The summed E-state index contributed by atoms with van der Waals surface area (Å²) in [5.74, 6) is -4.69. The highest BCUT2D eigenvalue weighted by molar-refractivity contribution is 5.77. The summed E-state index contributed by atoms with van der Waals surface area (Å²) in [6, 6.07) is -0.499. The van der Waals surface area contributed by atoms with Gasteiger partial charge in [0.15, 0.2) is 0 Å². The van der Waals surface area contributed by atoms with Crippen LogP contribution in [-0.2, 0) is 4.79 Å². The number of nitrogens with one attached hydrogen (secondary N) is 1. The van der Waals surface area contributed by atoms with Crippen LogP contribution in [0.3, 0.4) is 0 Å². The number of nitrogens with zero attached hydrogens (tertiary/aromatic N) is 2. The Hall–Kier alpha value is -1.51. The third-order valence-corrected chi connectivity index (χ3v) is 5.66. The van der Waals surface area contributed by atoms with Crippen molar-refractivity contribution in [2.24, 2.45) is 17.8 Å². The molecule has 0 spiro atoms. The van der Waals surface area contributed by atoms with Gasteiger partial charge in [0, 0.05) is 25.7 Å². The standard InChI is InChI=1S/C17H28F3N3O3/c1-22(2)14(11-6-4-3-5-7-11)8-21-16(26)23-9-12(15(24)25)13(10-23)17(18,19)20/h11-14H,3-10H2,1-2H3,(H,21,26)(H,24,25)/t12-,13-,14?/m1/s1. The molecule has 2 rings (SSSR count). The van der Waals surface area contributed by atoms with Crippen molar-refractivity contribution < 1.29 is 27.9 Å². The zero-order valence-electron chi connectivity index (χ0n) is 15.3. The first kappa shape index (κ1) is 20.8. The average molecular weight is 379 g/mol. The molecule has 1 saturated carbocycles. The first-order valence-electron chi connectivity index (χ1n) is 9.10. The predicted octanol–water partition coefficient (Wildman–Crippen LogP) is 2.40. The molecule has 2 aliphatic rings. The van der Waals surface area contributed by atoms with Crippen LogP contribution in [0.2, 0.25) is 0 Å². The number of carbonyl (C=O) groups is 2. The van der Waals surface area contributed by atoms with E-state index >= 15 is 0 Å². The number of carbonyl (C=O) groups excluding carboxylic acids is 1. The molecule has 1 aliphatic carbocycles. The van der Waals surface area contributed by atoms with Crippen molar-refractivity contribution in [3.05, 3.63) is 0 Å². The molecule has 1 unspecified atom stereocenters. The first-order chi connectivity index (χ1) is 12.1. The molecule has 2 fully saturated rings. The highest BCUT2D eigenvalue weighted by Gasteiger charge is 2.53. The van der Waals surface area contributed by atoms with Crippen LogP contribution < -0.4 is 5.32 Å². The van der Waals surface area contributed by atoms with E-state index in [1.54, 1.807) is 0 Å². The Labute approximate surface area is 151 Å². The van der Waals surface area contributed by atoms with Crippen molar-refractivity contribution in [1.82, 2.24) is 15.1 Å². The first-order valence-corrected chi connectivity index (χ1v) is 9.10. The monoisotopic (exact) mass is 379 g/mol. The summed E-state index contributed by atoms with van der Waals surface area (Å²) in [6.07, 6.45) is 1.06. The van der Waals surface area contributed by atoms with E-state index in [1.165, 1.54) is 6.42 Å². The van der Waals surface area contributed by atoms with Gasteiger partial charge in [-0.2, -0.15) is 13.2 Å². The van der Waals surface area contributed by atoms with E-state index in [4.69, 9.17) is 5.11 Å². The van der Waals surface area contributed by atoms with Crippen LogP contribution in [0.25, 0.3) is 0 Å². The summed E-state index contributed by atoms with van der Waals surface area (Å²) in [6.45, 7) is -0.675. The molecular weight excluding hydrogens is 351 g/mol. The molecule has 2 N–H and O–H groups in total. The van der Waals surface area contributed by atoms with Crippen molar-refractivity contribution in [1.29, 1.82) is 0 Å². The molecule has 1 aliphatic heterocycles. The number of aliphatic carboxylic acids is 1. The molecule has 0 bridgehead atoms. The molecule has 0 aromatic carbocycles. The fourth-order valence-electron chi connectivity index (χ4n) is 4.15. The molecule has 3 atom stereocenters. The van der Waals surface area contributed by atoms with Crippen LogP contribution in [0.15, 0.2) is 0 Å². The van der Waals surface area contributed by atoms with Crippen LogP contribution in [0, 0.1) is 17.8 Å². The van der Waals surface area contributed by atoms with E-state index < -0.39 is 43.1 Å². The molecule has 1 heterocycles. The van der Waals surface area contributed by atoms with Crippen LogP contribution in [0.4, 0.5) is 18.0 Å². The van der Waals surface area contributed by atoms with Gasteiger partial charge in [0.2, 0.25) is 0 Å². The van der Waals surface area contributed by atoms with Gasteiger partial charge in [0.05, 0.1) is 11.8 Å². The number of hydrogen-bond acceptors (Lipinski definition) is 3. The van der Waals surface area contributed by atoms with E-state index in [9.17, 15) is 22.8 Å². The summed E-state index contributed by atoms with van der Waals surface area (Å²) in [7, 11) is 3.86. The van der Waals surface area contributed by atoms with E-state index in [2.05, 4.69) is 5.32 Å². The van der Waals surface area contributed by atoms with Gasteiger partial charge in [-0.15, -0.1) is 0 Å². The zero-order valence-corrected chi connectivity index (χ0v) is 15.3. The van der Waals surface area contributed by atoms with Crippen LogP contribution in [-0.4, -0.2) is 72.9 Å². The molecule has 0 aromatic rings. The maximum atomic E-state index is 13.0. The molecule has 0 aromatic heterocycles. The Kier molecular flexibility index (Phi) is 6.76. The van der Waals surface area contributed by atoms with Gasteiger partial charge in [0.25, 0.3) is 0 Å².